The molecule has 8 heteroatoms. The summed E-state index contributed by atoms with van der Waals surface area (Å²) < 4.78 is 22.5. The van der Waals surface area contributed by atoms with E-state index in [0.29, 0.717) is 19.4 Å². The predicted molar refractivity (Wildman–Crippen MR) is 74.1 cm³/mol. The minimum Gasteiger partial charge on any atom is -0.338 e. The number of sulfone groups is 1. The van der Waals surface area contributed by atoms with Gasteiger partial charge in [0.1, 0.15) is 0 Å². The molecule has 1 aliphatic heterocycles. The van der Waals surface area contributed by atoms with E-state index in [9.17, 15) is 13.2 Å². The first kappa shape index (κ1) is 14.3. The third kappa shape index (κ3) is 4.46. The Balaban J connectivity index is 1.68. The molecule has 1 atom stereocenters. The molecule has 1 saturated heterocycles. The van der Waals surface area contributed by atoms with Gasteiger partial charge in [-0.05, 0) is 13.3 Å². The van der Waals surface area contributed by atoms with Crippen molar-refractivity contribution in [2.75, 3.05) is 18.1 Å². The molecule has 0 aliphatic carbocycles. The Morgan fingerprint density at radius 2 is 2.37 bits per heavy atom. The van der Waals surface area contributed by atoms with Crippen LogP contribution in [-0.4, -0.2) is 43.5 Å². The van der Waals surface area contributed by atoms with Gasteiger partial charge in [0, 0.05) is 24.4 Å². The summed E-state index contributed by atoms with van der Waals surface area (Å²) in [5, 5.41) is 8.37. The van der Waals surface area contributed by atoms with E-state index in [1.54, 1.807) is 11.3 Å². The Kier molecular flexibility index (Phi) is 4.41. The fourth-order valence-corrected chi connectivity index (χ4v) is 4.29. The lowest BCUT2D eigenvalue weighted by Gasteiger charge is -2.11. The quantitative estimate of drug-likeness (QED) is 0.847. The average Bonchev–Trinajstić information content (AvgIpc) is 2.85. The molecule has 6 nitrogen and oxygen atoms in total. The van der Waals surface area contributed by atoms with Gasteiger partial charge in [-0.25, -0.2) is 18.2 Å². The van der Waals surface area contributed by atoms with E-state index in [-0.39, 0.29) is 23.6 Å². The summed E-state index contributed by atoms with van der Waals surface area (Å²) in [5.41, 5.74) is 0.964. The number of nitrogens with one attached hydrogen (secondary N) is 2. The molecule has 19 heavy (non-hydrogen) atoms. The molecule has 1 aromatic heterocycles. The van der Waals surface area contributed by atoms with Gasteiger partial charge in [-0.1, -0.05) is 0 Å². The number of aryl methyl sites for hydroxylation is 1. The van der Waals surface area contributed by atoms with Crippen LogP contribution in [0.5, 0.6) is 0 Å². The molecular formula is C11H17N3O3S2. The lowest BCUT2D eigenvalue weighted by Crippen LogP contribution is -2.43. The largest absolute Gasteiger partial charge is 0.338 e. The van der Waals surface area contributed by atoms with E-state index in [2.05, 4.69) is 15.6 Å². The van der Waals surface area contributed by atoms with Crippen LogP contribution in [0.15, 0.2) is 5.38 Å². The standard InChI is InChI=1S/C11H17N3O3S2/c1-8-13-9(6-18-8)2-4-12-11(15)14-10-3-5-19(16,17)7-10/h6,10H,2-5,7H2,1H3,(H2,12,14,15). The van der Waals surface area contributed by atoms with Crippen LogP contribution in [0.2, 0.25) is 0 Å². The zero-order valence-corrected chi connectivity index (χ0v) is 12.3. The molecule has 0 radical (unpaired) electrons. The summed E-state index contributed by atoms with van der Waals surface area (Å²) in [5.74, 6) is 0.210. The van der Waals surface area contributed by atoms with Gasteiger partial charge in [0.2, 0.25) is 0 Å². The molecule has 2 rings (SSSR count). The van der Waals surface area contributed by atoms with Crippen LogP contribution in [0.3, 0.4) is 0 Å². The second-order valence-corrected chi connectivity index (χ2v) is 7.90. The average molecular weight is 303 g/mol. The summed E-state index contributed by atoms with van der Waals surface area (Å²) in [7, 11) is -2.95. The van der Waals surface area contributed by atoms with Crippen molar-refractivity contribution < 1.29 is 13.2 Å². The summed E-state index contributed by atoms with van der Waals surface area (Å²) in [6, 6.07) is -0.569. The van der Waals surface area contributed by atoms with Gasteiger partial charge in [-0.2, -0.15) is 0 Å². The second-order valence-electron chi connectivity index (χ2n) is 4.61. The number of hydrogen-bond acceptors (Lipinski definition) is 5. The Morgan fingerprint density at radius 1 is 1.58 bits per heavy atom. The van der Waals surface area contributed by atoms with E-state index in [0.717, 1.165) is 10.7 Å². The van der Waals surface area contributed by atoms with Crippen molar-refractivity contribution in [2.24, 2.45) is 0 Å². The number of hydrogen-bond donors (Lipinski definition) is 2. The highest BCUT2D eigenvalue weighted by Gasteiger charge is 2.28. The fourth-order valence-electron chi connectivity index (χ4n) is 1.97. The minimum absolute atomic E-state index is 0.0473. The normalized spacial score (nSPS) is 21.2. The maximum Gasteiger partial charge on any atom is 0.315 e. The van der Waals surface area contributed by atoms with Crippen LogP contribution < -0.4 is 10.6 Å². The van der Waals surface area contributed by atoms with Gasteiger partial charge < -0.3 is 10.6 Å². The highest BCUT2D eigenvalue weighted by molar-refractivity contribution is 7.91. The zero-order valence-electron chi connectivity index (χ0n) is 10.7. The van der Waals surface area contributed by atoms with Crippen molar-refractivity contribution in [2.45, 2.75) is 25.8 Å². The van der Waals surface area contributed by atoms with Crippen molar-refractivity contribution in [1.82, 2.24) is 15.6 Å². The van der Waals surface area contributed by atoms with Gasteiger partial charge in [-0.15, -0.1) is 11.3 Å². The number of thiazole rings is 1. The third-order valence-corrected chi connectivity index (χ3v) is 5.49. The monoisotopic (exact) mass is 303 g/mol. The number of amides is 2. The van der Waals surface area contributed by atoms with Crippen molar-refractivity contribution in [1.29, 1.82) is 0 Å². The van der Waals surface area contributed by atoms with Crippen molar-refractivity contribution >= 4 is 27.2 Å². The van der Waals surface area contributed by atoms with E-state index in [4.69, 9.17) is 0 Å². The summed E-state index contributed by atoms with van der Waals surface area (Å²) in [4.78, 5) is 15.9. The first-order valence-corrected chi connectivity index (χ1v) is 8.80. The molecule has 106 valence electrons. The SMILES string of the molecule is Cc1nc(CCNC(=O)NC2CCS(=O)(=O)C2)cs1. The van der Waals surface area contributed by atoms with Gasteiger partial charge in [0.05, 0.1) is 22.2 Å². The van der Waals surface area contributed by atoms with E-state index in [1.807, 2.05) is 12.3 Å². The van der Waals surface area contributed by atoms with Gasteiger partial charge in [0.25, 0.3) is 0 Å². The smallest absolute Gasteiger partial charge is 0.315 e. The topological polar surface area (TPSA) is 88.2 Å². The first-order chi connectivity index (χ1) is 8.94. The molecule has 2 N–H and O–H groups in total. The maximum absolute atomic E-state index is 11.6. The number of aromatic nitrogens is 1. The number of rotatable bonds is 4. The highest BCUT2D eigenvalue weighted by Crippen LogP contribution is 2.11. The number of urea groups is 1. The van der Waals surface area contributed by atoms with Gasteiger partial charge in [0.15, 0.2) is 9.84 Å². The molecule has 2 amide bonds. The molecular weight excluding hydrogens is 286 g/mol. The van der Waals surface area contributed by atoms with Crippen LogP contribution in [-0.2, 0) is 16.3 Å². The van der Waals surface area contributed by atoms with Gasteiger partial charge >= 0.3 is 6.03 Å². The number of carbonyl (C=O) groups is 1. The van der Waals surface area contributed by atoms with Crippen molar-refractivity contribution in [3.05, 3.63) is 16.1 Å². The summed E-state index contributed by atoms with van der Waals surface area (Å²) in [6.45, 7) is 2.43. The summed E-state index contributed by atoms with van der Waals surface area (Å²) in [6.07, 6.45) is 1.18. The van der Waals surface area contributed by atoms with Crippen LogP contribution >= 0.6 is 11.3 Å². The predicted octanol–water partition coefficient (Wildman–Crippen LogP) is 0.480. The molecule has 2 heterocycles. The minimum atomic E-state index is -2.95. The van der Waals surface area contributed by atoms with E-state index >= 15 is 0 Å². The Bertz CT molecular complexity index is 553. The van der Waals surface area contributed by atoms with Gasteiger partial charge in [-0.3, -0.25) is 0 Å². The number of nitrogens with zero attached hydrogens (tertiary/aromatic N) is 1. The zero-order chi connectivity index (χ0) is 13.9. The van der Waals surface area contributed by atoms with Crippen molar-refractivity contribution in [3.8, 4) is 0 Å². The molecule has 0 aromatic carbocycles. The van der Waals surface area contributed by atoms with Crippen LogP contribution in [0.1, 0.15) is 17.1 Å². The molecule has 1 aromatic rings. The van der Waals surface area contributed by atoms with Crippen molar-refractivity contribution in [3.63, 3.8) is 0 Å². The molecule has 0 bridgehead atoms. The maximum atomic E-state index is 11.6. The lowest BCUT2D eigenvalue weighted by atomic mass is 10.3. The molecule has 0 spiro atoms. The van der Waals surface area contributed by atoms with Crippen LogP contribution in [0.4, 0.5) is 4.79 Å². The van der Waals surface area contributed by atoms with Crippen LogP contribution in [0, 0.1) is 6.92 Å². The highest BCUT2D eigenvalue weighted by atomic mass is 32.2. The third-order valence-electron chi connectivity index (χ3n) is 2.90. The Hall–Kier alpha value is -1.15. The molecule has 0 saturated carbocycles. The molecule has 1 fully saturated rings. The lowest BCUT2D eigenvalue weighted by molar-refractivity contribution is 0.238. The summed E-state index contributed by atoms with van der Waals surface area (Å²) >= 11 is 1.58. The second kappa shape index (κ2) is 5.87. The van der Waals surface area contributed by atoms with E-state index in [1.165, 1.54) is 0 Å². The molecule has 1 aliphatic rings. The van der Waals surface area contributed by atoms with Crippen LogP contribution in [0.25, 0.3) is 0 Å². The van der Waals surface area contributed by atoms with E-state index < -0.39 is 9.84 Å². The Labute approximate surface area is 116 Å². The fraction of sp³-hybridized carbons (Fsp3) is 0.636. The Morgan fingerprint density at radius 3 is 2.95 bits per heavy atom. The number of carbonyl (C=O) groups excluding carboxylic acids is 1. The molecule has 1 unspecified atom stereocenters. The first-order valence-electron chi connectivity index (χ1n) is 6.10.